The molecule has 15 nitrogen and oxygen atoms in total. The molecule has 0 atom stereocenters. The number of aryl methyl sites for hydroxylation is 2. The Bertz CT molecular complexity index is 6130. The monoisotopic (exact) mass is 2030 g/mol. The molecule has 19 heteroatoms. The number of rotatable bonds is 48. The Hall–Kier alpha value is -12.9. The van der Waals surface area contributed by atoms with Crippen molar-refractivity contribution in [2.45, 2.75) is 53.9 Å². The van der Waals surface area contributed by atoms with Gasteiger partial charge in [0.05, 0.1) is 110 Å². The van der Waals surface area contributed by atoms with Gasteiger partial charge in [-0.15, -0.1) is 0 Å². The average molecular weight is 2030 g/mol. The highest BCUT2D eigenvalue weighted by Gasteiger charge is 2.20. The summed E-state index contributed by atoms with van der Waals surface area (Å²) in [5.74, 6) is 6.55. The molecular weight excluding hydrogens is 1890 g/mol. The second kappa shape index (κ2) is 64.7. The van der Waals surface area contributed by atoms with E-state index in [-0.39, 0.29) is 0 Å². The number of likely N-dealkylation sites (N-methyl/N-ethyl adjacent to an activating group) is 2. The minimum Gasteiger partial charge on any atom is -0.497 e. The van der Waals surface area contributed by atoms with Gasteiger partial charge in [0.2, 0.25) is 0 Å². The molecule has 0 saturated carbocycles. The third-order valence-electron chi connectivity index (χ3n) is 23.6. The van der Waals surface area contributed by atoms with Gasteiger partial charge in [0, 0.05) is 42.0 Å². The van der Waals surface area contributed by atoms with E-state index in [1.165, 1.54) is 39.0 Å². The highest BCUT2D eigenvalue weighted by molar-refractivity contribution is 6.54. The summed E-state index contributed by atoms with van der Waals surface area (Å²) >= 11 is 27.1. The minimum atomic E-state index is 0.430. The molecule has 14 rings (SSSR count). The van der Waals surface area contributed by atoms with E-state index in [4.69, 9.17) is 108 Å². The van der Waals surface area contributed by atoms with Crippen molar-refractivity contribution in [1.29, 1.82) is 0 Å². The van der Waals surface area contributed by atoms with Gasteiger partial charge in [-0.25, -0.2) is 0 Å². The zero-order valence-corrected chi connectivity index (χ0v) is 88.9. The Kier molecular flexibility index (Phi) is 50.9. The largest absolute Gasteiger partial charge is 0.497 e. The minimum absolute atomic E-state index is 0.430. The molecule has 0 heterocycles. The third kappa shape index (κ3) is 37.9. The van der Waals surface area contributed by atoms with Crippen molar-refractivity contribution in [3.05, 3.63) is 453 Å². The van der Waals surface area contributed by atoms with E-state index < -0.39 is 0 Å². The molecule has 0 saturated heterocycles. The SMILES string of the molecule is CC/C(=C(\c1ccccc1)c1ccc(OCCN(C)C)cc1)c1ccccc1.CCN(CC)CCOc1ccc(/C(=C(/Cl)c2ccccc2)c2ccccc2)cc1.CCc1ccc(/C(=C(\Cl)c2ccc(OC)cc2)c2ccc(OC)cc2)cc1.CCc1ccc(/C=C(\Cl)c2ccc(OC)cc2)cc1.COCCOCCOCCOCCOCCOc1ccc(/C(=C(/Cl)c2ccc(OC)cc2)c2ccc(OC)cc2)cc1. The van der Waals surface area contributed by atoms with Gasteiger partial charge in [-0.3, -0.25) is 0 Å². The van der Waals surface area contributed by atoms with Gasteiger partial charge in [-0.1, -0.05) is 312 Å². The molecule has 0 bridgehead atoms. The molecular formula is C126H138Cl4N2O13. The topological polar surface area (TPSA) is 126 Å². The molecule has 0 spiro atoms. The zero-order valence-electron chi connectivity index (χ0n) is 85.9. The van der Waals surface area contributed by atoms with Crippen LogP contribution in [0.5, 0.6) is 46.0 Å². The lowest BCUT2D eigenvalue weighted by Crippen LogP contribution is -2.27. The summed E-state index contributed by atoms with van der Waals surface area (Å²) in [4.78, 5) is 4.47. The lowest BCUT2D eigenvalue weighted by atomic mass is 9.88. The quantitative estimate of drug-likeness (QED) is 0.0265. The molecule has 0 aliphatic carbocycles. The van der Waals surface area contributed by atoms with Crippen molar-refractivity contribution in [1.82, 2.24) is 9.80 Å². The fraction of sp³-hybridized carbons (Fsp3) is 0.254. The van der Waals surface area contributed by atoms with Crippen molar-refractivity contribution in [2.24, 2.45) is 0 Å². The van der Waals surface area contributed by atoms with Crippen LogP contribution in [0, 0.1) is 0 Å². The molecule has 0 N–H and O–H groups in total. The van der Waals surface area contributed by atoms with Crippen LogP contribution >= 0.6 is 46.4 Å². The van der Waals surface area contributed by atoms with Crippen LogP contribution in [0.25, 0.3) is 54.1 Å². The first-order valence-corrected chi connectivity index (χ1v) is 50.8. The first-order chi connectivity index (χ1) is 70.9. The molecule has 758 valence electrons. The first-order valence-electron chi connectivity index (χ1n) is 49.2. The maximum absolute atomic E-state index is 6.99. The van der Waals surface area contributed by atoms with Crippen LogP contribution in [-0.4, -0.2) is 172 Å². The molecule has 145 heavy (non-hydrogen) atoms. The van der Waals surface area contributed by atoms with Crippen molar-refractivity contribution < 1.29 is 61.6 Å². The number of nitrogens with zero attached hydrogens (tertiary/aromatic N) is 2. The Morgan fingerprint density at radius 1 is 0.241 bits per heavy atom. The molecule has 14 aromatic carbocycles. The molecule has 14 aromatic rings. The van der Waals surface area contributed by atoms with Crippen LogP contribution in [0.15, 0.2) is 364 Å². The highest BCUT2D eigenvalue weighted by atomic mass is 35.5. The van der Waals surface area contributed by atoms with Crippen molar-refractivity contribution in [3.8, 4) is 46.0 Å². The average Bonchev–Trinajstić information content (AvgIpc) is 0.944. The van der Waals surface area contributed by atoms with E-state index in [9.17, 15) is 0 Å². The van der Waals surface area contributed by atoms with Gasteiger partial charge in [0.15, 0.2) is 0 Å². The Labute approximate surface area is 880 Å². The number of methoxy groups -OCH3 is 6. The van der Waals surface area contributed by atoms with Gasteiger partial charge in [-0.05, 0) is 286 Å². The summed E-state index contributed by atoms with van der Waals surface area (Å²) in [5.41, 5.74) is 23.1. The van der Waals surface area contributed by atoms with Gasteiger partial charge in [-0.2, -0.15) is 0 Å². The van der Waals surface area contributed by atoms with Gasteiger partial charge < -0.3 is 71.4 Å². The first kappa shape index (κ1) is 114. The maximum atomic E-state index is 6.99. The molecule has 0 radical (unpaired) electrons. The number of benzene rings is 14. The predicted octanol–water partition coefficient (Wildman–Crippen LogP) is 29.9. The number of hydrogen-bond acceptors (Lipinski definition) is 15. The number of halogens is 4. The van der Waals surface area contributed by atoms with E-state index in [0.717, 1.165) is 179 Å². The Morgan fingerprint density at radius 3 is 0.800 bits per heavy atom. The third-order valence-corrected chi connectivity index (χ3v) is 25.1. The number of allylic oxidation sites excluding steroid dienone is 1. The molecule has 0 aliphatic heterocycles. The van der Waals surface area contributed by atoms with Crippen molar-refractivity contribution in [3.63, 3.8) is 0 Å². The summed E-state index contributed by atoms with van der Waals surface area (Å²) in [7, 11) is 14.0. The van der Waals surface area contributed by atoms with Crippen LogP contribution in [0.3, 0.4) is 0 Å². The van der Waals surface area contributed by atoms with Crippen LogP contribution in [-0.2, 0) is 36.5 Å². The summed E-state index contributed by atoms with van der Waals surface area (Å²) in [6.45, 7) is 21.3. The highest BCUT2D eigenvalue weighted by Crippen LogP contribution is 2.42. The smallest absolute Gasteiger partial charge is 0.119 e. The molecule has 0 fully saturated rings. The molecule has 0 amide bonds. The number of hydrogen-bond donors (Lipinski definition) is 0. The van der Waals surface area contributed by atoms with Crippen LogP contribution in [0.2, 0.25) is 0 Å². The lowest BCUT2D eigenvalue weighted by molar-refractivity contribution is -0.00978. The van der Waals surface area contributed by atoms with Crippen molar-refractivity contribution >= 4 is 100 Å². The second-order valence-electron chi connectivity index (χ2n) is 33.4. The molecule has 0 aliphatic rings. The van der Waals surface area contributed by atoms with E-state index in [2.05, 4.69) is 216 Å². The zero-order chi connectivity index (χ0) is 103. The summed E-state index contributed by atoms with van der Waals surface area (Å²) in [6, 6.07) is 122. The summed E-state index contributed by atoms with van der Waals surface area (Å²) < 4.78 is 70.8. The molecule has 0 unspecified atom stereocenters. The standard InChI is InChI=1S/C33H41ClO8.C26H28ClNO.C26H29NO.C24H23ClO2.C17H17ClO/c1-35-16-17-38-18-19-39-20-21-40-22-23-41-24-25-42-31-14-6-27(7-15-31)32(26-4-10-29(36-2)11-5-26)33(34)28-8-12-30(37-3)13-9-28;1-3-28(4-2)19-20-29-24-17-15-22(16-18-24)25(21-11-7-5-8-12-21)26(27)23-13-9-6-10-14-23;1-4-25(21-11-7-5-8-12-21)26(22-13-9-6-10-14-22)23-15-17-24(18-16-23)28-20-19-27(2)3;1-4-17-5-7-18(8-6-17)23(19-9-13-21(26-2)14-10-19)24(25)20-11-15-22(27-3)16-12-20;1-3-13-4-6-14(7-5-13)12-17(18)15-8-10-16(19-2)11-9-15/h4-15H,16-25H2,1-3H3;5-18H,3-4,19-20H2,1-2H3;5-18H,4,19-20H2,1-3H3;5-16H,4H2,1-3H3;4-12H,3H2,1-2H3/b33-32+;26-25+;26-25-;24-23+;17-12-. The summed E-state index contributed by atoms with van der Waals surface area (Å²) in [5, 5.41) is 2.80. The van der Waals surface area contributed by atoms with Gasteiger partial charge in [0.1, 0.15) is 65.8 Å². The Morgan fingerprint density at radius 2 is 0.490 bits per heavy atom. The van der Waals surface area contributed by atoms with E-state index >= 15 is 0 Å². The summed E-state index contributed by atoms with van der Waals surface area (Å²) in [6.07, 6.45) is 5.00. The molecule has 0 aromatic heterocycles. The normalized spacial score (nSPS) is 11.8. The fourth-order valence-corrected chi connectivity index (χ4v) is 16.6. The van der Waals surface area contributed by atoms with Gasteiger partial charge >= 0.3 is 0 Å². The van der Waals surface area contributed by atoms with E-state index in [0.29, 0.717) is 89.3 Å². The predicted molar refractivity (Wildman–Crippen MR) is 605 cm³/mol. The maximum Gasteiger partial charge on any atom is 0.119 e. The fourth-order valence-electron chi connectivity index (χ4n) is 15.3. The Balaban J connectivity index is 0.000000190. The second-order valence-corrected chi connectivity index (χ2v) is 35.0. The number of ether oxygens (including phenoxy) is 13. The van der Waals surface area contributed by atoms with Crippen molar-refractivity contribution in [2.75, 3.05) is 162 Å². The van der Waals surface area contributed by atoms with Crippen LogP contribution in [0.1, 0.15) is 130 Å². The van der Waals surface area contributed by atoms with Crippen LogP contribution in [0.4, 0.5) is 0 Å². The lowest BCUT2D eigenvalue weighted by Gasteiger charge is -2.18. The van der Waals surface area contributed by atoms with Crippen LogP contribution < -0.4 is 37.9 Å². The van der Waals surface area contributed by atoms with Gasteiger partial charge in [0.25, 0.3) is 0 Å². The van der Waals surface area contributed by atoms with E-state index in [1.807, 2.05) is 212 Å². The van der Waals surface area contributed by atoms with E-state index in [1.54, 1.807) is 42.7 Å².